The summed E-state index contributed by atoms with van der Waals surface area (Å²) < 4.78 is 0. The molecule has 0 aliphatic rings. The molecule has 0 bridgehead atoms. The summed E-state index contributed by atoms with van der Waals surface area (Å²) >= 11 is 0. The van der Waals surface area contributed by atoms with Gasteiger partial charge < -0.3 is 5.32 Å². The smallest absolute Gasteiger partial charge is 0.271 e. The van der Waals surface area contributed by atoms with E-state index in [4.69, 9.17) is 0 Å². The molecule has 1 aromatic rings. The molecule has 0 radical (unpaired) electrons. The van der Waals surface area contributed by atoms with Gasteiger partial charge in [-0.1, -0.05) is 20.8 Å². The van der Waals surface area contributed by atoms with Crippen molar-refractivity contribution < 1.29 is 9.59 Å². The SMILES string of the molecule is CCCC(=O)Nc1ccc(C(=O)N/N=C(\C)CC(C)C)cc1. The molecule has 5 heteroatoms. The maximum Gasteiger partial charge on any atom is 0.271 e. The molecule has 0 aromatic heterocycles. The summed E-state index contributed by atoms with van der Waals surface area (Å²) in [6.45, 7) is 8.06. The van der Waals surface area contributed by atoms with E-state index in [2.05, 4.69) is 29.7 Å². The van der Waals surface area contributed by atoms with Crippen molar-refractivity contribution in [1.82, 2.24) is 5.43 Å². The Bertz CT molecular complexity index is 533. The average molecular weight is 303 g/mol. The molecule has 0 spiro atoms. The maximum atomic E-state index is 12.0. The molecular formula is C17H25N3O2. The number of amides is 2. The van der Waals surface area contributed by atoms with Crippen LogP contribution in [0.4, 0.5) is 5.69 Å². The highest BCUT2D eigenvalue weighted by Gasteiger charge is 2.06. The fourth-order valence-electron chi connectivity index (χ4n) is 2.00. The molecule has 22 heavy (non-hydrogen) atoms. The van der Waals surface area contributed by atoms with Crippen LogP contribution in [-0.2, 0) is 4.79 Å². The Kier molecular flexibility index (Phi) is 7.29. The molecular weight excluding hydrogens is 278 g/mol. The summed E-state index contributed by atoms with van der Waals surface area (Å²) in [6, 6.07) is 6.77. The number of carbonyl (C=O) groups is 2. The Morgan fingerprint density at radius 2 is 1.82 bits per heavy atom. The van der Waals surface area contributed by atoms with Gasteiger partial charge >= 0.3 is 0 Å². The summed E-state index contributed by atoms with van der Waals surface area (Å²) in [5, 5.41) is 6.87. The van der Waals surface area contributed by atoms with Crippen molar-refractivity contribution in [2.24, 2.45) is 11.0 Å². The van der Waals surface area contributed by atoms with Crippen molar-refractivity contribution in [3.05, 3.63) is 29.8 Å². The standard InChI is InChI=1S/C17H25N3O2/c1-5-6-16(21)18-15-9-7-14(8-10-15)17(22)20-19-13(4)11-12(2)3/h7-10,12H,5-6,11H2,1-4H3,(H,18,21)(H,20,22)/b19-13+. The van der Waals surface area contributed by atoms with Crippen molar-refractivity contribution in [1.29, 1.82) is 0 Å². The van der Waals surface area contributed by atoms with Crippen LogP contribution < -0.4 is 10.7 Å². The first-order chi connectivity index (χ1) is 10.4. The van der Waals surface area contributed by atoms with Gasteiger partial charge in [-0.15, -0.1) is 0 Å². The van der Waals surface area contributed by atoms with Crippen LogP contribution in [0.25, 0.3) is 0 Å². The number of hydrazone groups is 1. The lowest BCUT2D eigenvalue weighted by atomic mass is 10.1. The van der Waals surface area contributed by atoms with E-state index in [0.29, 0.717) is 23.6 Å². The summed E-state index contributed by atoms with van der Waals surface area (Å²) in [4.78, 5) is 23.5. The quantitative estimate of drug-likeness (QED) is 0.597. The molecule has 0 saturated heterocycles. The molecule has 0 saturated carbocycles. The first-order valence-corrected chi connectivity index (χ1v) is 7.65. The number of anilines is 1. The minimum absolute atomic E-state index is 0.0198. The van der Waals surface area contributed by atoms with Crippen molar-refractivity contribution in [2.45, 2.75) is 47.0 Å². The number of rotatable bonds is 7. The highest BCUT2D eigenvalue weighted by molar-refractivity contribution is 5.96. The van der Waals surface area contributed by atoms with Crippen molar-refractivity contribution >= 4 is 23.2 Å². The zero-order valence-electron chi connectivity index (χ0n) is 13.8. The number of carbonyl (C=O) groups excluding carboxylic acids is 2. The molecule has 2 N–H and O–H groups in total. The molecule has 2 amide bonds. The molecule has 0 heterocycles. The van der Waals surface area contributed by atoms with Gasteiger partial charge in [0.25, 0.3) is 5.91 Å². The van der Waals surface area contributed by atoms with E-state index in [1.807, 2.05) is 13.8 Å². The summed E-state index contributed by atoms with van der Waals surface area (Å²) in [6.07, 6.45) is 2.15. The zero-order valence-corrected chi connectivity index (χ0v) is 13.8. The van der Waals surface area contributed by atoms with E-state index in [1.165, 1.54) is 0 Å². The number of benzene rings is 1. The third-order valence-corrected chi connectivity index (χ3v) is 2.96. The number of hydrogen-bond donors (Lipinski definition) is 2. The van der Waals surface area contributed by atoms with Crippen LogP contribution >= 0.6 is 0 Å². The summed E-state index contributed by atoms with van der Waals surface area (Å²) in [5.74, 6) is 0.231. The molecule has 0 aliphatic heterocycles. The monoisotopic (exact) mass is 303 g/mol. The second-order valence-electron chi connectivity index (χ2n) is 5.76. The molecule has 0 atom stereocenters. The first kappa shape index (κ1) is 17.9. The van der Waals surface area contributed by atoms with Gasteiger partial charge in [-0.05, 0) is 49.9 Å². The topological polar surface area (TPSA) is 70.6 Å². The van der Waals surface area contributed by atoms with E-state index < -0.39 is 0 Å². The fraction of sp³-hybridized carbons (Fsp3) is 0.471. The molecule has 0 aliphatic carbocycles. The van der Waals surface area contributed by atoms with Gasteiger partial charge in [-0.3, -0.25) is 9.59 Å². The maximum absolute atomic E-state index is 12.0. The predicted molar refractivity (Wildman–Crippen MR) is 90.0 cm³/mol. The van der Waals surface area contributed by atoms with Crippen LogP contribution in [0.15, 0.2) is 29.4 Å². The molecule has 1 aromatic carbocycles. The van der Waals surface area contributed by atoms with E-state index in [9.17, 15) is 9.59 Å². The molecule has 1 rings (SSSR count). The van der Waals surface area contributed by atoms with E-state index in [-0.39, 0.29) is 11.8 Å². The van der Waals surface area contributed by atoms with Crippen molar-refractivity contribution in [2.75, 3.05) is 5.32 Å². The van der Waals surface area contributed by atoms with E-state index in [1.54, 1.807) is 24.3 Å². The van der Waals surface area contributed by atoms with Crippen LogP contribution in [-0.4, -0.2) is 17.5 Å². The lowest BCUT2D eigenvalue weighted by Gasteiger charge is -2.07. The summed E-state index contributed by atoms with van der Waals surface area (Å²) in [7, 11) is 0. The van der Waals surface area contributed by atoms with E-state index >= 15 is 0 Å². The fourth-order valence-corrected chi connectivity index (χ4v) is 2.00. The van der Waals surface area contributed by atoms with Gasteiger partial charge in [-0.2, -0.15) is 5.10 Å². The molecule has 120 valence electrons. The highest BCUT2D eigenvalue weighted by Crippen LogP contribution is 2.10. The number of nitrogens with one attached hydrogen (secondary N) is 2. The van der Waals surface area contributed by atoms with Crippen molar-refractivity contribution in [3.63, 3.8) is 0 Å². The van der Waals surface area contributed by atoms with Gasteiger partial charge in [0.1, 0.15) is 0 Å². The Morgan fingerprint density at radius 1 is 1.18 bits per heavy atom. The highest BCUT2D eigenvalue weighted by atomic mass is 16.2. The average Bonchev–Trinajstić information content (AvgIpc) is 2.45. The zero-order chi connectivity index (χ0) is 16.5. The van der Waals surface area contributed by atoms with Crippen LogP contribution in [0.1, 0.15) is 57.3 Å². The van der Waals surface area contributed by atoms with Crippen LogP contribution in [0, 0.1) is 5.92 Å². The van der Waals surface area contributed by atoms with Gasteiger partial charge in [0, 0.05) is 23.4 Å². The second kappa shape index (κ2) is 8.97. The van der Waals surface area contributed by atoms with Crippen LogP contribution in [0.3, 0.4) is 0 Å². The van der Waals surface area contributed by atoms with Crippen molar-refractivity contribution in [3.8, 4) is 0 Å². The van der Waals surface area contributed by atoms with E-state index in [0.717, 1.165) is 18.6 Å². The van der Waals surface area contributed by atoms with Crippen LogP contribution in [0.5, 0.6) is 0 Å². The third-order valence-electron chi connectivity index (χ3n) is 2.96. The number of nitrogens with zero attached hydrogens (tertiary/aromatic N) is 1. The Balaban J connectivity index is 2.59. The molecule has 0 unspecified atom stereocenters. The Hall–Kier alpha value is -2.17. The predicted octanol–water partition coefficient (Wildman–Crippen LogP) is 3.58. The Morgan fingerprint density at radius 3 is 2.36 bits per heavy atom. The lowest BCUT2D eigenvalue weighted by Crippen LogP contribution is -2.19. The Labute approximate surface area is 132 Å². The number of hydrogen-bond acceptors (Lipinski definition) is 3. The molecule has 5 nitrogen and oxygen atoms in total. The lowest BCUT2D eigenvalue weighted by molar-refractivity contribution is -0.116. The van der Waals surface area contributed by atoms with Gasteiger partial charge in [0.2, 0.25) is 5.91 Å². The minimum Gasteiger partial charge on any atom is -0.326 e. The minimum atomic E-state index is -0.255. The summed E-state index contributed by atoms with van der Waals surface area (Å²) in [5.41, 5.74) is 4.64. The normalized spacial score (nSPS) is 11.4. The van der Waals surface area contributed by atoms with Gasteiger partial charge in [0.05, 0.1) is 0 Å². The van der Waals surface area contributed by atoms with Gasteiger partial charge in [0.15, 0.2) is 0 Å². The largest absolute Gasteiger partial charge is 0.326 e. The third kappa shape index (κ3) is 6.52. The van der Waals surface area contributed by atoms with Crippen LogP contribution in [0.2, 0.25) is 0 Å². The second-order valence-corrected chi connectivity index (χ2v) is 5.76. The first-order valence-electron chi connectivity index (χ1n) is 7.65. The molecule has 0 fully saturated rings. The van der Waals surface area contributed by atoms with Gasteiger partial charge in [-0.25, -0.2) is 5.43 Å².